The molecule has 0 bridgehead atoms. The second-order valence-corrected chi connectivity index (χ2v) is 12.0. The molecule has 0 spiro atoms. The number of unbranched alkanes of at least 4 members (excludes halogenated alkanes) is 12. The molecule has 0 aliphatic carbocycles. The van der Waals surface area contributed by atoms with Crippen LogP contribution in [0, 0.1) is 0 Å². The Kier molecular flexibility index (Phi) is 22.8. The van der Waals surface area contributed by atoms with Crippen LogP contribution in [0.3, 0.4) is 0 Å². The van der Waals surface area contributed by atoms with E-state index < -0.39 is 7.60 Å². The number of rotatable bonds is 26. The van der Waals surface area contributed by atoms with Crippen LogP contribution in [-0.4, -0.2) is 44.5 Å². The van der Waals surface area contributed by atoms with Gasteiger partial charge in [-0.25, -0.2) is 9.59 Å². The standard InChI is InChI=1S/C29H53O7P/c1-6-7-8-15-20-25-37(32,35-23-18-13-9-11-16-21-33-28(30)26(2)3)36-24-19-14-10-12-17-22-34-29(31)27(4)5/h2,4,6-25H2,1,3,5H3. The van der Waals surface area contributed by atoms with E-state index in [1.54, 1.807) is 13.8 Å². The smallest absolute Gasteiger partial charge is 0.333 e. The maximum absolute atomic E-state index is 13.3. The third-order valence-electron chi connectivity index (χ3n) is 5.85. The van der Waals surface area contributed by atoms with Crippen molar-refractivity contribution >= 4 is 19.5 Å². The fourth-order valence-electron chi connectivity index (χ4n) is 3.53. The van der Waals surface area contributed by atoms with E-state index in [4.69, 9.17) is 18.5 Å². The van der Waals surface area contributed by atoms with E-state index in [9.17, 15) is 14.2 Å². The summed E-state index contributed by atoms with van der Waals surface area (Å²) in [5, 5.41) is 0. The third kappa shape index (κ3) is 22.3. The van der Waals surface area contributed by atoms with Crippen LogP contribution < -0.4 is 0 Å². The minimum absolute atomic E-state index is 0.333. The lowest BCUT2D eigenvalue weighted by Crippen LogP contribution is -2.06. The molecule has 0 aromatic carbocycles. The second-order valence-electron chi connectivity index (χ2n) is 9.78. The summed E-state index contributed by atoms with van der Waals surface area (Å²) >= 11 is 0. The van der Waals surface area contributed by atoms with Crippen molar-refractivity contribution in [3.8, 4) is 0 Å². The summed E-state index contributed by atoms with van der Waals surface area (Å²) in [6, 6.07) is 0. The van der Waals surface area contributed by atoms with Crippen molar-refractivity contribution in [3.05, 3.63) is 24.3 Å². The summed E-state index contributed by atoms with van der Waals surface area (Å²) in [4.78, 5) is 22.7. The van der Waals surface area contributed by atoms with Crippen LogP contribution in [0.5, 0.6) is 0 Å². The van der Waals surface area contributed by atoms with Gasteiger partial charge in [0.25, 0.3) is 0 Å². The quantitative estimate of drug-likeness (QED) is 0.0468. The summed E-state index contributed by atoms with van der Waals surface area (Å²) in [5.41, 5.74) is 0.848. The summed E-state index contributed by atoms with van der Waals surface area (Å²) in [6.45, 7) is 14.3. The Balaban J connectivity index is 4.08. The average Bonchev–Trinajstić information content (AvgIpc) is 2.86. The first-order chi connectivity index (χ1) is 17.7. The highest BCUT2D eigenvalue weighted by molar-refractivity contribution is 7.53. The van der Waals surface area contributed by atoms with E-state index >= 15 is 0 Å². The van der Waals surface area contributed by atoms with Crippen LogP contribution in [-0.2, 0) is 32.7 Å². The molecular weight excluding hydrogens is 491 g/mol. The Morgan fingerprint density at radius 3 is 1.32 bits per heavy atom. The van der Waals surface area contributed by atoms with Gasteiger partial charge < -0.3 is 18.5 Å². The van der Waals surface area contributed by atoms with E-state index in [1.807, 2.05) is 0 Å². The van der Waals surface area contributed by atoms with Crippen molar-refractivity contribution in [1.82, 2.24) is 0 Å². The number of hydrogen-bond acceptors (Lipinski definition) is 7. The van der Waals surface area contributed by atoms with Gasteiger partial charge in [-0.15, -0.1) is 0 Å². The van der Waals surface area contributed by atoms with Gasteiger partial charge in [-0.2, -0.15) is 0 Å². The Labute approximate surface area is 226 Å². The first-order valence-corrected chi connectivity index (χ1v) is 16.0. The molecule has 0 aromatic heterocycles. The van der Waals surface area contributed by atoms with E-state index in [0.717, 1.165) is 83.5 Å². The SMILES string of the molecule is C=C(C)C(=O)OCCCCCCCOP(=O)(CCCCCCC)OCCCCCCCOC(=O)C(=C)C. The highest BCUT2D eigenvalue weighted by Crippen LogP contribution is 2.49. The summed E-state index contributed by atoms with van der Waals surface area (Å²) in [7, 11) is -3.07. The van der Waals surface area contributed by atoms with Crippen LogP contribution in [0.2, 0.25) is 0 Å². The average molecular weight is 545 g/mol. The minimum Gasteiger partial charge on any atom is -0.462 e. The Morgan fingerprint density at radius 1 is 0.568 bits per heavy atom. The first-order valence-electron chi connectivity index (χ1n) is 14.2. The fourth-order valence-corrected chi connectivity index (χ4v) is 5.29. The zero-order valence-electron chi connectivity index (χ0n) is 23.9. The van der Waals surface area contributed by atoms with Crippen LogP contribution in [0.15, 0.2) is 24.3 Å². The third-order valence-corrected chi connectivity index (χ3v) is 7.87. The van der Waals surface area contributed by atoms with Gasteiger partial charge >= 0.3 is 19.5 Å². The maximum atomic E-state index is 13.3. The predicted molar refractivity (Wildman–Crippen MR) is 151 cm³/mol. The molecule has 0 aliphatic rings. The minimum atomic E-state index is -3.07. The molecule has 216 valence electrons. The van der Waals surface area contributed by atoms with Gasteiger partial charge in [-0.05, 0) is 46.0 Å². The summed E-state index contributed by atoms with van der Waals surface area (Å²) in [6.07, 6.45) is 15.2. The van der Waals surface area contributed by atoms with E-state index in [-0.39, 0.29) is 11.9 Å². The molecular formula is C29H53O7P. The van der Waals surface area contributed by atoms with Gasteiger partial charge in [-0.3, -0.25) is 4.57 Å². The molecule has 0 N–H and O–H groups in total. The number of hydrogen-bond donors (Lipinski definition) is 0. The first kappa shape index (κ1) is 35.6. The Bertz CT molecular complexity index is 642. The molecule has 0 amide bonds. The number of esters is 2. The molecule has 0 atom stereocenters. The van der Waals surface area contributed by atoms with Gasteiger partial charge in [0.2, 0.25) is 0 Å². The topological polar surface area (TPSA) is 88.1 Å². The van der Waals surface area contributed by atoms with Crippen LogP contribution in [0.1, 0.15) is 117 Å². The highest BCUT2D eigenvalue weighted by Gasteiger charge is 2.23. The molecule has 37 heavy (non-hydrogen) atoms. The monoisotopic (exact) mass is 544 g/mol. The summed E-state index contributed by atoms with van der Waals surface area (Å²) < 4.78 is 35.1. The molecule has 0 saturated carbocycles. The van der Waals surface area contributed by atoms with Gasteiger partial charge in [0.15, 0.2) is 0 Å². The van der Waals surface area contributed by atoms with Crippen molar-refractivity contribution in [2.45, 2.75) is 117 Å². The summed E-state index contributed by atoms with van der Waals surface area (Å²) in [5.74, 6) is -0.666. The van der Waals surface area contributed by atoms with Crippen LogP contribution in [0.25, 0.3) is 0 Å². The lowest BCUT2D eigenvalue weighted by molar-refractivity contribution is -0.139. The second kappa shape index (κ2) is 23.7. The highest BCUT2D eigenvalue weighted by atomic mass is 31.2. The molecule has 0 fully saturated rings. The van der Waals surface area contributed by atoms with Crippen molar-refractivity contribution in [3.63, 3.8) is 0 Å². The van der Waals surface area contributed by atoms with E-state index in [1.165, 1.54) is 12.8 Å². The number of ether oxygens (including phenoxy) is 2. The van der Waals surface area contributed by atoms with Gasteiger partial charge in [-0.1, -0.05) is 84.3 Å². The molecule has 0 aliphatic heterocycles. The fraction of sp³-hybridized carbons (Fsp3) is 0.793. The molecule has 7 nitrogen and oxygen atoms in total. The number of carbonyl (C=O) groups is 2. The van der Waals surface area contributed by atoms with Crippen LogP contribution >= 0.6 is 7.60 Å². The van der Waals surface area contributed by atoms with E-state index in [2.05, 4.69) is 20.1 Å². The molecule has 0 heterocycles. The van der Waals surface area contributed by atoms with Crippen LogP contribution in [0.4, 0.5) is 0 Å². The van der Waals surface area contributed by atoms with Crippen molar-refractivity contribution in [2.24, 2.45) is 0 Å². The van der Waals surface area contributed by atoms with Crippen molar-refractivity contribution in [2.75, 3.05) is 32.6 Å². The Morgan fingerprint density at radius 2 is 0.919 bits per heavy atom. The zero-order valence-corrected chi connectivity index (χ0v) is 24.8. The predicted octanol–water partition coefficient (Wildman–Crippen LogP) is 8.32. The Hall–Kier alpha value is -1.43. The molecule has 0 rings (SSSR count). The molecule has 8 heteroatoms. The van der Waals surface area contributed by atoms with Gasteiger partial charge in [0.1, 0.15) is 0 Å². The molecule has 0 radical (unpaired) electrons. The largest absolute Gasteiger partial charge is 0.462 e. The van der Waals surface area contributed by atoms with E-state index in [0.29, 0.717) is 43.7 Å². The van der Waals surface area contributed by atoms with Gasteiger partial charge in [0, 0.05) is 11.1 Å². The normalized spacial score (nSPS) is 11.3. The maximum Gasteiger partial charge on any atom is 0.333 e. The molecule has 0 aromatic rings. The van der Waals surface area contributed by atoms with Crippen molar-refractivity contribution < 1.29 is 32.7 Å². The lowest BCUT2D eigenvalue weighted by atomic mass is 10.1. The van der Waals surface area contributed by atoms with Crippen molar-refractivity contribution in [1.29, 1.82) is 0 Å². The lowest BCUT2D eigenvalue weighted by Gasteiger charge is -2.19. The molecule has 0 unspecified atom stereocenters. The number of carbonyl (C=O) groups excluding carboxylic acids is 2. The van der Waals surface area contributed by atoms with Gasteiger partial charge in [0.05, 0.1) is 32.6 Å². The molecule has 0 saturated heterocycles. The zero-order chi connectivity index (χ0) is 27.8.